The Labute approximate surface area is 117 Å². The molecular formula is C15H19N3O2. The van der Waals surface area contributed by atoms with Crippen LogP contribution in [-0.2, 0) is 6.54 Å². The SMILES string of the molecule is O=c1c2ccccc2nnn1CC(O)C1CCCCC1. The molecule has 1 aliphatic carbocycles. The minimum Gasteiger partial charge on any atom is -0.391 e. The molecule has 0 saturated heterocycles. The molecule has 1 N–H and O–H groups in total. The molecule has 1 aromatic carbocycles. The Morgan fingerprint density at radius 3 is 2.80 bits per heavy atom. The molecule has 20 heavy (non-hydrogen) atoms. The van der Waals surface area contributed by atoms with Crippen molar-refractivity contribution in [2.75, 3.05) is 0 Å². The number of aromatic nitrogens is 3. The molecule has 3 rings (SSSR count). The van der Waals surface area contributed by atoms with Gasteiger partial charge < -0.3 is 5.11 Å². The Bertz CT molecular complexity index is 647. The summed E-state index contributed by atoms with van der Waals surface area (Å²) >= 11 is 0. The van der Waals surface area contributed by atoms with Crippen molar-refractivity contribution in [3.63, 3.8) is 0 Å². The van der Waals surface area contributed by atoms with Crippen molar-refractivity contribution in [1.29, 1.82) is 0 Å². The second kappa shape index (κ2) is 5.71. The van der Waals surface area contributed by atoms with Gasteiger partial charge in [0.2, 0.25) is 0 Å². The van der Waals surface area contributed by atoms with Crippen LogP contribution in [-0.4, -0.2) is 26.2 Å². The summed E-state index contributed by atoms with van der Waals surface area (Å²) in [6.07, 6.45) is 5.15. The van der Waals surface area contributed by atoms with Gasteiger partial charge in [-0.3, -0.25) is 4.79 Å². The average molecular weight is 273 g/mol. The van der Waals surface area contributed by atoms with Crippen LogP contribution in [0.25, 0.3) is 10.9 Å². The van der Waals surface area contributed by atoms with Crippen molar-refractivity contribution in [3.8, 4) is 0 Å². The molecule has 1 saturated carbocycles. The molecule has 1 atom stereocenters. The van der Waals surface area contributed by atoms with Crippen molar-refractivity contribution >= 4 is 10.9 Å². The van der Waals surface area contributed by atoms with Crippen LogP contribution in [0.1, 0.15) is 32.1 Å². The maximum absolute atomic E-state index is 12.3. The van der Waals surface area contributed by atoms with Crippen molar-refractivity contribution < 1.29 is 5.11 Å². The first-order valence-electron chi connectivity index (χ1n) is 7.26. The molecule has 0 radical (unpaired) electrons. The van der Waals surface area contributed by atoms with Gasteiger partial charge >= 0.3 is 0 Å². The standard InChI is InChI=1S/C15H19N3O2/c19-14(11-6-2-1-3-7-11)10-18-15(20)12-8-4-5-9-13(12)16-17-18/h4-5,8-9,11,14,19H,1-3,6-7,10H2. The van der Waals surface area contributed by atoms with Crippen molar-refractivity contribution in [1.82, 2.24) is 15.0 Å². The van der Waals surface area contributed by atoms with Crippen molar-refractivity contribution in [3.05, 3.63) is 34.6 Å². The van der Waals surface area contributed by atoms with E-state index in [1.54, 1.807) is 12.1 Å². The quantitative estimate of drug-likeness (QED) is 0.924. The normalized spacial score (nSPS) is 18.2. The zero-order valence-corrected chi connectivity index (χ0v) is 11.4. The molecule has 5 heteroatoms. The minimum absolute atomic E-state index is 0.176. The Balaban J connectivity index is 1.83. The first-order chi connectivity index (χ1) is 9.75. The number of aliphatic hydroxyl groups is 1. The fraction of sp³-hybridized carbons (Fsp3) is 0.533. The van der Waals surface area contributed by atoms with E-state index in [1.807, 2.05) is 12.1 Å². The third kappa shape index (κ3) is 2.58. The van der Waals surface area contributed by atoms with Gasteiger partial charge in [0.15, 0.2) is 0 Å². The summed E-state index contributed by atoms with van der Waals surface area (Å²) in [6, 6.07) is 7.16. The molecule has 0 amide bonds. The molecule has 0 spiro atoms. The van der Waals surface area contributed by atoms with E-state index < -0.39 is 6.10 Å². The van der Waals surface area contributed by atoms with Gasteiger partial charge in [0.1, 0.15) is 5.52 Å². The van der Waals surface area contributed by atoms with Crippen LogP contribution in [0.2, 0.25) is 0 Å². The summed E-state index contributed by atoms with van der Waals surface area (Å²) in [4.78, 5) is 12.3. The van der Waals surface area contributed by atoms with Crippen LogP contribution in [0.5, 0.6) is 0 Å². The zero-order valence-electron chi connectivity index (χ0n) is 11.4. The van der Waals surface area contributed by atoms with E-state index in [0.717, 1.165) is 12.8 Å². The van der Waals surface area contributed by atoms with E-state index in [2.05, 4.69) is 10.3 Å². The lowest BCUT2D eigenvalue weighted by Crippen LogP contribution is -2.34. The number of nitrogens with zero attached hydrogens (tertiary/aromatic N) is 3. The molecule has 1 unspecified atom stereocenters. The molecule has 1 fully saturated rings. The van der Waals surface area contributed by atoms with Crippen LogP contribution in [0.15, 0.2) is 29.1 Å². The molecule has 0 bridgehead atoms. The maximum Gasteiger partial charge on any atom is 0.277 e. The Morgan fingerprint density at radius 1 is 1.25 bits per heavy atom. The van der Waals surface area contributed by atoms with Gasteiger partial charge in [0, 0.05) is 0 Å². The van der Waals surface area contributed by atoms with Crippen LogP contribution in [0.3, 0.4) is 0 Å². The fourth-order valence-corrected chi connectivity index (χ4v) is 2.99. The first kappa shape index (κ1) is 13.2. The van der Waals surface area contributed by atoms with E-state index in [9.17, 15) is 9.90 Å². The Kier molecular flexibility index (Phi) is 3.78. The molecular weight excluding hydrogens is 254 g/mol. The number of hydrogen-bond donors (Lipinski definition) is 1. The van der Waals surface area contributed by atoms with Crippen molar-refractivity contribution in [2.24, 2.45) is 5.92 Å². The molecule has 1 aliphatic rings. The van der Waals surface area contributed by atoms with Gasteiger partial charge in [-0.25, -0.2) is 4.68 Å². The van der Waals surface area contributed by atoms with Gasteiger partial charge in [0.25, 0.3) is 5.56 Å². The molecule has 1 aromatic heterocycles. The summed E-state index contributed by atoms with van der Waals surface area (Å²) in [5.41, 5.74) is 0.423. The fourth-order valence-electron chi connectivity index (χ4n) is 2.99. The first-order valence-corrected chi connectivity index (χ1v) is 7.26. The monoisotopic (exact) mass is 273 g/mol. The lowest BCUT2D eigenvalue weighted by molar-refractivity contribution is 0.0645. The van der Waals surface area contributed by atoms with E-state index >= 15 is 0 Å². The average Bonchev–Trinajstić information content (AvgIpc) is 2.51. The van der Waals surface area contributed by atoms with Crippen LogP contribution >= 0.6 is 0 Å². The number of fused-ring (bicyclic) bond motifs is 1. The van der Waals surface area contributed by atoms with E-state index in [4.69, 9.17) is 0 Å². The zero-order chi connectivity index (χ0) is 13.9. The third-order valence-electron chi connectivity index (χ3n) is 4.18. The second-order valence-electron chi connectivity index (χ2n) is 5.56. The van der Waals surface area contributed by atoms with Crippen molar-refractivity contribution in [2.45, 2.75) is 44.8 Å². The van der Waals surface area contributed by atoms with E-state index in [0.29, 0.717) is 10.9 Å². The highest BCUT2D eigenvalue weighted by atomic mass is 16.3. The second-order valence-corrected chi connectivity index (χ2v) is 5.56. The topological polar surface area (TPSA) is 68.0 Å². The smallest absolute Gasteiger partial charge is 0.277 e. The summed E-state index contributed by atoms with van der Waals surface area (Å²) in [5, 5.41) is 18.8. The van der Waals surface area contributed by atoms with Gasteiger partial charge in [-0.2, -0.15) is 0 Å². The Morgan fingerprint density at radius 2 is 2.00 bits per heavy atom. The van der Waals surface area contributed by atoms with Gasteiger partial charge in [0.05, 0.1) is 18.0 Å². The molecule has 1 heterocycles. The Hall–Kier alpha value is -1.75. The molecule has 5 nitrogen and oxygen atoms in total. The lowest BCUT2D eigenvalue weighted by Gasteiger charge is -2.26. The number of hydrogen-bond acceptors (Lipinski definition) is 4. The number of benzene rings is 1. The molecule has 106 valence electrons. The van der Waals surface area contributed by atoms with Gasteiger partial charge in [-0.1, -0.05) is 36.6 Å². The predicted molar refractivity (Wildman–Crippen MR) is 76.4 cm³/mol. The predicted octanol–water partition coefficient (Wildman–Crippen LogP) is 1.73. The maximum atomic E-state index is 12.3. The highest BCUT2D eigenvalue weighted by molar-refractivity contribution is 5.76. The minimum atomic E-state index is -0.511. The highest BCUT2D eigenvalue weighted by Gasteiger charge is 2.23. The highest BCUT2D eigenvalue weighted by Crippen LogP contribution is 2.26. The summed E-state index contributed by atoms with van der Waals surface area (Å²) in [7, 11) is 0. The van der Waals surface area contributed by atoms with Crippen LogP contribution in [0.4, 0.5) is 0 Å². The van der Waals surface area contributed by atoms with Gasteiger partial charge in [-0.15, -0.1) is 5.10 Å². The van der Waals surface area contributed by atoms with Gasteiger partial charge in [-0.05, 0) is 30.9 Å². The summed E-state index contributed by atoms with van der Waals surface area (Å²) in [5.74, 6) is 0.281. The number of rotatable bonds is 3. The number of aliphatic hydroxyl groups excluding tert-OH is 1. The van der Waals surface area contributed by atoms with Crippen LogP contribution < -0.4 is 5.56 Å². The summed E-state index contributed by atoms with van der Waals surface area (Å²) in [6.45, 7) is 0.237. The summed E-state index contributed by atoms with van der Waals surface area (Å²) < 4.78 is 1.29. The van der Waals surface area contributed by atoms with E-state index in [-0.39, 0.29) is 18.0 Å². The lowest BCUT2D eigenvalue weighted by atomic mass is 9.85. The molecule has 0 aliphatic heterocycles. The van der Waals surface area contributed by atoms with Crippen LogP contribution in [0, 0.1) is 5.92 Å². The third-order valence-corrected chi connectivity index (χ3v) is 4.18. The molecule has 2 aromatic rings. The largest absolute Gasteiger partial charge is 0.391 e. The van der Waals surface area contributed by atoms with E-state index in [1.165, 1.54) is 23.9 Å².